The number of thiazole rings is 1. The molecule has 0 bridgehead atoms. The van der Waals surface area contributed by atoms with Crippen molar-refractivity contribution in [2.24, 2.45) is 5.92 Å². The maximum Gasteiger partial charge on any atom is 0.427 e. The minimum absolute atomic E-state index is 0.0192. The quantitative estimate of drug-likeness (QED) is 0.0713. The third-order valence-corrected chi connectivity index (χ3v) is 16.9. The summed E-state index contributed by atoms with van der Waals surface area (Å²) >= 11 is 8.08. The minimum atomic E-state index is -5.61. The number of rotatable bonds is 16. The van der Waals surface area contributed by atoms with Gasteiger partial charge in [-0.25, -0.2) is 31.5 Å². The van der Waals surface area contributed by atoms with Crippen LogP contribution in [-0.4, -0.2) is 93.4 Å². The summed E-state index contributed by atoms with van der Waals surface area (Å²) in [6.07, 6.45) is 1.16. The number of para-hydroxylation sites is 1. The van der Waals surface area contributed by atoms with E-state index in [2.05, 4.69) is 20.2 Å². The molecule has 13 nitrogen and oxygen atoms in total. The Morgan fingerprint density at radius 3 is 2.40 bits per heavy atom. The van der Waals surface area contributed by atoms with E-state index >= 15 is 0 Å². The monoisotopic (exact) mass is 980 g/mol. The maximum atomic E-state index is 14.7. The maximum absolute atomic E-state index is 14.7. The van der Waals surface area contributed by atoms with Crippen LogP contribution in [0.25, 0.3) is 10.2 Å². The van der Waals surface area contributed by atoms with Crippen LogP contribution in [0.5, 0.6) is 0 Å². The van der Waals surface area contributed by atoms with Gasteiger partial charge >= 0.3 is 4.71 Å². The molecule has 340 valence electrons. The van der Waals surface area contributed by atoms with Crippen molar-refractivity contribution in [3.8, 4) is 0 Å². The second-order valence-electron chi connectivity index (χ2n) is 15.5. The fraction of sp³-hybridized carbons (Fsp3) is 0.289. The summed E-state index contributed by atoms with van der Waals surface area (Å²) in [5.41, 5.74) is 2.62. The molecule has 20 heteroatoms. The molecule has 0 saturated carbocycles. The lowest BCUT2D eigenvalue weighted by atomic mass is 9.94. The third kappa shape index (κ3) is 11.0. The summed E-state index contributed by atoms with van der Waals surface area (Å²) in [5.74, 6) is -0.852. The van der Waals surface area contributed by atoms with Crippen molar-refractivity contribution in [1.29, 1.82) is 0 Å². The number of alkyl halides is 3. The van der Waals surface area contributed by atoms with Crippen LogP contribution in [-0.2, 0) is 44.0 Å². The van der Waals surface area contributed by atoms with E-state index in [1.165, 1.54) is 41.3 Å². The molecule has 2 aliphatic rings. The fourth-order valence-electron chi connectivity index (χ4n) is 7.76. The number of benzene rings is 4. The number of thioether (sulfide) groups is 1. The average Bonchev–Trinajstić information content (AvgIpc) is 3.72. The topological polar surface area (TPSA) is 168 Å². The first-order valence-corrected chi connectivity index (χ1v) is 25.8. The summed E-state index contributed by atoms with van der Waals surface area (Å²) in [7, 11) is -10.5. The zero-order chi connectivity index (χ0) is 45.8. The zero-order valence-corrected chi connectivity index (χ0v) is 38.7. The van der Waals surface area contributed by atoms with Gasteiger partial charge in [-0.05, 0) is 115 Å². The highest BCUT2D eigenvalue weighted by atomic mass is 35.5. The van der Waals surface area contributed by atoms with E-state index in [-0.39, 0.29) is 36.0 Å². The van der Waals surface area contributed by atoms with Crippen molar-refractivity contribution in [2.75, 3.05) is 55.4 Å². The van der Waals surface area contributed by atoms with Crippen molar-refractivity contribution < 1.29 is 39.9 Å². The number of nitrogens with one attached hydrogen (secondary N) is 2. The first kappa shape index (κ1) is 46.5. The van der Waals surface area contributed by atoms with Gasteiger partial charge < -0.3 is 9.64 Å². The lowest BCUT2D eigenvalue weighted by molar-refractivity contribution is 0.0357. The second kappa shape index (κ2) is 19.8. The number of anilines is 2. The molecule has 65 heavy (non-hydrogen) atoms. The molecule has 1 saturated heterocycles. The summed E-state index contributed by atoms with van der Waals surface area (Å²) < 4.78 is 87.2. The number of sulfone groups is 1. The Hall–Kier alpha value is -5.02. The van der Waals surface area contributed by atoms with Gasteiger partial charge in [-0.15, -0.1) is 11.8 Å². The molecule has 1 fully saturated rings. The lowest BCUT2D eigenvalue weighted by Gasteiger charge is -2.31. The number of amides is 2. The molecule has 2 amide bonds. The van der Waals surface area contributed by atoms with E-state index in [9.17, 15) is 35.2 Å². The predicted molar refractivity (Wildman–Crippen MR) is 248 cm³/mol. The summed E-state index contributed by atoms with van der Waals surface area (Å²) in [5, 5.41) is 3.37. The minimum Gasteiger partial charge on any atom is -0.379 e. The number of nitrogens with zero attached hydrogens (tertiary/aromatic N) is 4. The standard InChI is InChI=1S/C45H43ClF2N6O7S4/c46-45(47,48)64(57,58)40-27-34(17-16-32(40)26-30(18-20-53-22-24-61-25-23-53)29-62-33-9-2-1-3-10-33)65(59,60)52-43(56)38-13-7-15-41(49-38)54-21-19-31-8-6-11-35(36(31)28-54)42(55)51-44-50-37-12-4-5-14-39(37)63-44/h1-17,27,30H,18-26,28-29H2,(H,52,56)(H,50,51,55)/t30-/m0/s1. The Labute approximate surface area is 388 Å². The average molecular weight is 982 g/mol. The van der Waals surface area contributed by atoms with Gasteiger partial charge in [-0.1, -0.05) is 65.9 Å². The number of halogens is 3. The van der Waals surface area contributed by atoms with E-state index in [1.807, 2.05) is 76.4 Å². The third-order valence-electron chi connectivity index (χ3n) is 11.2. The normalized spacial score (nSPS) is 15.3. The molecule has 2 aliphatic heterocycles. The molecular formula is C45H43ClF2N6O7S4. The van der Waals surface area contributed by atoms with Crippen molar-refractivity contribution in [2.45, 2.75) is 45.2 Å². The number of ether oxygens (including phenoxy) is 1. The molecule has 0 spiro atoms. The van der Waals surface area contributed by atoms with Crippen molar-refractivity contribution >= 4 is 87.5 Å². The van der Waals surface area contributed by atoms with E-state index in [1.54, 1.807) is 12.1 Å². The first-order valence-electron chi connectivity index (χ1n) is 20.6. The number of hydrogen-bond acceptors (Lipinski definition) is 13. The molecule has 0 aliphatic carbocycles. The number of fused-ring (bicyclic) bond motifs is 2. The zero-order valence-electron chi connectivity index (χ0n) is 34.7. The number of carbonyl (C=O) groups excluding carboxylic acids is 2. The molecule has 6 aromatic rings. The smallest absolute Gasteiger partial charge is 0.379 e. The number of pyridine rings is 1. The highest BCUT2D eigenvalue weighted by Gasteiger charge is 2.46. The second-order valence-corrected chi connectivity index (χ2v) is 22.0. The summed E-state index contributed by atoms with van der Waals surface area (Å²) in [6.45, 7) is 3.97. The van der Waals surface area contributed by atoms with Gasteiger partial charge in [0.15, 0.2) is 5.13 Å². The van der Waals surface area contributed by atoms with Gasteiger partial charge in [0, 0.05) is 42.4 Å². The van der Waals surface area contributed by atoms with Crippen LogP contribution in [0.1, 0.15) is 44.0 Å². The Kier molecular flexibility index (Phi) is 14.2. The van der Waals surface area contributed by atoms with Crippen molar-refractivity contribution in [1.82, 2.24) is 19.6 Å². The molecule has 0 unspecified atom stereocenters. The van der Waals surface area contributed by atoms with E-state index in [0.717, 1.165) is 45.4 Å². The van der Waals surface area contributed by atoms with Gasteiger partial charge in [0.25, 0.3) is 31.7 Å². The van der Waals surface area contributed by atoms with Gasteiger partial charge in [-0.3, -0.25) is 19.8 Å². The van der Waals surface area contributed by atoms with Crippen LogP contribution in [0, 0.1) is 5.92 Å². The van der Waals surface area contributed by atoms with Crippen LogP contribution >= 0.6 is 34.7 Å². The van der Waals surface area contributed by atoms with Crippen molar-refractivity contribution in [3.05, 3.63) is 137 Å². The molecule has 0 radical (unpaired) electrons. The largest absolute Gasteiger partial charge is 0.427 e. The van der Waals surface area contributed by atoms with Gasteiger partial charge in [0.2, 0.25) is 0 Å². The number of carbonyl (C=O) groups is 2. The first-order chi connectivity index (χ1) is 31.1. The molecule has 8 rings (SSSR count). The Balaban J connectivity index is 1.000. The highest BCUT2D eigenvalue weighted by molar-refractivity contribution is 7.99. The highest BCUT2D eigenvalue weighted by Crippen LogP contribution is 2.37. The predicted octanol–water partition coefficient (Wildman–Crippen LogP) is 7.86. The molecule has 4 heterocycles. The molecule has 2 N–H and O–H groups in total. The summed E-state index contributed by atoms with van der Waals surface area (Å²) in [6, 6.07) is 29.9. The Bertz CT molecular complexity index is 2900. The fourth-order valence-corrected chi connectivity index (χ4v) is 12.0. The summed E-state index contributed by atoms with van der Waals surface area (Å²) in [4.78, 5) is 39.5. The van der Waals surface area contributed by atoms with Gasteiger partial charge in [0.05, 0.1) is 33.2 Å². The van der Waals surface area contributed by atoms with Crippen LogP contribution in [0.4, 0.5) is 19.7 Å². The Morgan fingerprint density at radius 2 is 1.63 bits per heavy atom. The number of aromatic nitrogens is 2. The molecule has 4 aromatic carbocycles. The van der Waals surface area contributed by atoms with E-state index < -0.39 is 40.3 Å². The molecular weight excluding hydrogens is 938 g/mol. The van der Waals surface area contributed by atoms with E-state index in [4.69, 9.17) is 16.3 Å². The van der Waals surface area contributed by atoms with E-state index in [0.29, 0.717) is 67.5 Å². The number of morpholine rings is 1. The molecule has 1 atom stereocenters. The number of sulfonamides is 1. The lowest BCUT2D eigenvalue weighted by Crippen LogP contribution is -2.37. The van der Waals surface area contributed by atoms with Gasteiger partial charge in [-0.2, -0.15) is 8.78 Å². The van der Waals surface area contributed by atoms with Crippen molar-refractivity contribution in [3.63, 3.8) is 0 Å². The van der Waals surface area contributed by atoms with Crippen LogP contribution in [0.2, 0.25) is 0 Å². The Morgan fingerprint density at radius 1 is 0.877 bits per heavy atom. The SMILES string of the molecule is O=C(NS(=O)(=O)c1ccc(C[C@H](CCN2CCOCC2)CSc2ccccc2)c(S(=O)(=O)C(F)(F)Cl)c1)c1cccc(N2CCc3cccc(C(=O)Nc4nc5ccccc5s4)c3C2)n1. The van der Waals surface area contributed by atoms with Crippen LogP contribution in [0.3, 0.4) is 0 Å². The van der Waals surface area contributed by atoms with Crippen LogP contribution in [0.15, 0.2) is 124 Å². The van der Waals surface area contributed by atoms with Gasteiger partial charge in [0.1, 0.15) is 11.5 Å². The molecule has 2 aromatic heterocycles. The number of hydrogen-bond donors (Lipinski definition) is 2. The van der Waals surface area contributed by atoms with Crippen LogP contribution < -0.4 is 14.9 Å².